The molecule has 0 aliphatic rings. The van der Waals surface area contributed by atoms with Gasteiger partial charge >= 0.3 is 5.97 Å². The van der Waals surface area contributed by atoms with E-state index in [4.69, 9.17) is 14.8 Å². The summed E-state index contributed by atoms with van der Waals surface area (Å²) in [4.78, 5) is 15.6. The quantitative estimate of drug-likeness (QED) is 0.727. The Labute approximate surface area is 144 Å². The van der Waals surface area contributed by atoms with Gasteiger partial charge in [0.15, 0.2) is 0 Å². The topological polar surface area (TPSA) is 59.4 Å². The number of carboxylic acids is 1. The average molecular weight is 339 g/mol. The van der Waals surface area contributed by atoms with Crippen LogP contribution in [0.4, 0.5) is 0 Å². The highest BCUT2D eigenvalue weighted by Crippen LogP contribution is 2.30. The van der Waals surface area contributed by atoms with E-state index in [-0.39, 0.29) is 0 Å². The van der Waals surface area contributed by atoms with Crippen LogP contribution in [0, 0.1) is 0 Å². The molecule has 5 heteroatoms. The van der Waals surface area contributed by atoms with Crippen LogP contribution in [0.25, 0.3) is 11.3 Å². The molecule has 1 heterocycles. The summed E-state index contributed by atoms with van der Waals surface area (Å²) in [5, 5.41) is 12.0. The Morgan fingerprint density at radius 3 is 2.58 bits per heavy atom. The third-order valence-corrected chi connectivity index (χ3v) is 4.67. The smallest absolute Gasteiger partial charge is 0.335 e. The zero-order chi connectivity index (χ0) is 16.9. The largest absolute Gasteiger partial charge is 0.496 e. The molecular weight excluding hydrogens is 322 g/mol. The first kappa shape index (κ1) is 16.2. The minimum Gasteiger partial charge on any atom is -0.496 e. The summed E-state index contributed by atoms with van der Waals surface area (Å²) in [6.07, 6.45) is 1.66. The van der Waals surface area contributed by atoms with Crippen molar-refractivity contribution in [2.45, 2.75) is 12.8 Å². The Kier molecular flexibility index (Phi) is 4.91. The second-order valence-electron chi connectivity index (χ2n) is 5.33. The van der Waals surface area contributed by atoms with Crippen molar-refractivity contribution in [2.24, 2.45) is 0 Å². The Bertz CT molecular complexity index is 840. The van der Waals surface area contributed by atoms with Gasteiger partial charge in [-0.1, -0.05) is 24.3 Å². The molecule has 0 atom stereocenters. The van der Waals surface area contributed by atoms with Gasteiger partial charge < -0.3 is 9.84 Å². The second kappa shape index (κ2) is 7.27. The van der Waals surface area contributed by atoms with E-state index in [1.807, 2.05) is 41.8 Å². The first-order chi connectivity index (χ1) is 11.7. The lowest BCUT2D eigenvalue weighted by Crippen LogP contribution is -1.97. The Morgan fingerprint density at radius 1 is 1.12 bits per heavy atom. The molecule has 0 amide bonds. The van der Waals surface area contributed by atoms with Crippen molar-refractivity contribution in [3.8, 4) is 17.0 Å². The number of aryl methyl sites for hydroxylation is 2. The number of nitrogens with zero attached hydrogens (tertiary/aromatic N) is 1. The molecule has 0 fully saturated rings. The van der Waals surface area contributed by atoms with Crippen molar-refractivity contribution in [3.63, 3.8) is 0 Å². The summed E-state index contributed by atoms with van der Waals surface area (Å²) in [6.45, 7) is 0. The van der Waals surface area contributed by atoms with Gasteiger partial charge in [0.05, 0.1) is 23.4 Å². The SMILES string of the molecule is COc1ccccc1-c1csc(CCc2ccc(C(=O)O)cc2)n1. The maximum absolute atomic E-state index is 10.9. The maximum Gasteiger partial charge on any atom is 0.335 e. The molecule has 4 nitrogen and oxygen atoms in total. The monoisotopic (exact) mass is 339 g/mol. The van der Waals surface area contributed by atoms with E-state index in [1.54, 1.807) is 30.6 Å². The zero-order valence-electron chi connectivity index (χ0n) is 13.2. The molecule has 0 aliphatic carbocycles. The predicted molar refractivity (Wildman–Crippen MR) is 94.9 cm³/mol. The van der Waals surface area contributed by atoms with Crippen molar-refractivity contribution in [3.05, 3.63) is 70.0 Å². The molecule has 0 saturated carbocycles. The van der Waals surface area contributed by atoms with Crippen LogP contribution in [0.2, 0.25) is 0 Å². The van der Waals surface area contributed by atoms with Crippen molar-refractivity contribution < 1.29 is 14.6 Å². The van der Waals surface area contributed by atoms with E-state index in [9.17, 15) is 4.79 Å². The normalized spacial score (nSPS) is 10.5. The molecule has 3 aromatic rings. The van der Waals surface area contributed by atoms with Gasteiger partial charge in [-0.3, -0.25) is 0 Å². The van der Waals surface area contributed by atoms with Crippen LogP contribution in [-0.4, -0.2) is 23.2 Å². The molecule has 0 bridgehead atoms. The molecule has 122 valence electrons. The highest BCUT2D eigenvalue weighted by molar-refractivity contribution is 7.09. The molecule has 0 saturated heterocycles. The second-order valence-corrected chi connectivity index (χ2v) is 6.27. The van der Waals surface area contributed by atoms with E-state index in [0.29, 0.717) is 5.56 Å². The van der Waals surface area contributed by atoms with E-state index in [2.05, 4.69) is 0 Å². The zero-order valence-corrected chi connectivity index (χ0v) is 14.0. The maximum atomic E-state index is 10.9. The Morgan fingerprint density at radius 2 is 1.88 bits per heavy atom. The van der Waals surface area contributed by atoms with Crippen LogP contribution < -0.4 is 4.74 Å². The summed E-state index contributed by atoms with van der Waals surface area (Å²) >= 11 is 1.63. The highest BCUT2D eigenvalue weighted by atomic mass is 32.1. The third-order valence-electron chi connectivity index (χ3n) is 3.76. The third kappa shape index (κ3) is 3.63. The summed E-state index contributed by atoms with van der Waals surface area (Å²) in [5.41, 5.74) is 3.34. The fourth-order valence-electron chi connectivity index (χ4n) is 2.47. The van der Waals surface area contributed by atoms with Gasteiger partial charge in [-0.05, 0) is 36.2 Å². The molecule has 1 N–H and O–H groups in total. The number of carbonyl (C=O) groups is 1. The molecule has 1 aromatic heterocycles. The van der Waals surface area contributed by atoms with E-state index >= 15 is 0 Å². The number of rotatable bonds is 6. The number of aromatic nitrogens is 1. The van der Waals surface area contributed by atoms with Gasteiger partial charge in [0.1, 0.15) is 5.75 Å². The number of carboxylic acid groups (broad SMARTS) is 1. The summed E-state index contributed by atoms with van der Waals surface area (Å²) in [7, 11) is 1.66. The molecule has 0 aliphatic heterocycles. The van der Waals surface area contributed by atoms with Crippen LogP contribution in [0.3, 0.4) is 0 Å². The fraction of sp³-hybridized carbons (Fsp3) is 0.158. The molecular formula is C19H17NO3S. The van der Waals surface area contributed by atoms with Crippen molar-refractivity contribution in [1.82, 2.24) is 4.98 Å². The van der Waals surface area contributed by atoms with Gasteiger partial charge in [0.25, 0.3) is 0 Å². The number of hydrogen-bond donors (Lipinski definition) is 1. The number of ether oxygens (including phenoxy) is 1. The molecule has 2 aromatic carbocycles. The van der Waals surface area contributed by atoms with E-state index in [0.717, 1.165) is 40.4 Å². The van der Waals surface area contributed by atoms with Gasteiger partial charge in [0, 0.05) is 17.4 Å². The standard InChI is InChI=1S/C19H17NO3S/c1-23-17-5-3-2-4-15(17)16-12-24-18(20-16)11-8-13-6-9-14(10-7-13)19(21)22/h2-7,9-10,12H,8,11H2,1H3,(H,21,22). The lowest BCUT2D eigenvalue weighted by atomic mass is 10.1. The first-order valence-electron chi connectivity index (χ1n) is 7.57. The lowest BCUT2D eigenvalue weighted by molar-refractivity contribution is 0.0697. The van der Waals surface area contributed by atoms with Crippen LogP contribution in [0.1, 0.15) is 20.9 Å². The van der Waals surface area contributed by atoms with Crippen LogP contribution in [-0.2, 0) is 12.8 Å². The van der Waals surface area contributed by atoms with Crippen LogP contribution in [0.5, 0.6) is 5.75 Å². The van der Waals surface area contributed by atoms with Gasteiger partial charge in [-0.25, -0.2) is 9.78 Å². The van der Waals surface area contributed by atoms with Crippen molar-refractivity contribution in [1.29, 1.82) is 0 Å². The van der Waals surface area contributed by atoms with Gasteiger partial charge in [-0.2, -0.15) is 0 Å². The van der Waals surface area contributed by atoms with Crippen LogP contribution in [0.15, 0.2) is 53.9 Å². The molecule has 3 rings (SSSR count). The minimum absolute atomic E-state index is 0.312. The summed E-state index contributed by atoms with van der Waals surface area (Å²) in [5.74, 6) is -0.0819. The van der Waals surface area contributed by atoms with Crippen molar-refractivity contribution in [2.75, 3.05) is 7.11 Å². The molecule has 0 radical (unpaired) electrons. The minimum atomic E-state index is -0.900. The fourth-order valence-corrected chi connectivity index (χ4v) is 3.27. The summed E-state index contributed by atoms with van der Waals surface area (Å²) < 4.78 is 5.39. The number of para-hydroxylation sites is 1. The first-order valence-corrected chi connectivity index (χ1v) is 8.45. The number of benzene rings is 2. The van der Waals surface area contributed by atoms with E-state index < -0.39 is 5.97 Å². The van der Waals surface area contributed by atoms with Gasteiger partial charge in [0.2, 0.25) is 0 Å². The number of thiazole rings is 1. The van der Waals surface area contributed by atoms with Crippen molar-refractivity contribution >= 4 is 17.3 Å². The highest BCUT2D eigenvalue weighted by Gasteiger charge is 2.09. The Hall–Kier alpha value is -2.66. The molecule has 24 heavy (non-hydrogen) atoms. The number of aromatic carboxylic acids is 1. The predicted octanol–water partition coefficient (Wildman–Crippen LogP) is 4.30. The number of hydrogen-bond acceptors (Lipinski definition) is 4. The Balaban J connectivity index is 1.69. The van der Waals surface area contributed by atoms with Gasteiger partial charge in [-0.15, -0.1) is 11.3 Å². The van der Waals surface area contributed by atoms with E-state index in [1.165, 1.54) is 0 Å². The van der Waals surface area contributed by atoms with Crippen LogP contribution >= 0.6 is 11.3 Å². The molecule has 0 unspecified atom stereocenters. The average Bonchev–Trinajstić information content (AvgIpc) is 3.09. The lowest BCUT2D eigenvalue weighted by Gasteiger charge is -2.05. The number of methoxy groups -OCH3 is 1. The summed E-state index contributed by atoms with van der Waals surface area (Å²) in [6, 6.07) is 14.8. The molecule has 0 spiro atoms.